The molecule has 0 fully saturated rings. The number of carbonyl (C=O) groups is 4. The molecule has 232 valence electrons. The standard InChI is InChI=1S/C31H52N4O6/c1-8-12-14-24(10-3)19-40-28(36)22(6)32-30(38)34-26-17-16-21(5)27(18-26)35-31(39)33-23(7)29(37)41-20-25(11-4)15-13-9-2/h16-18,22-25H,8-15,19-20H2,1-7H3,(H2,32,34,38)(H2,33,35,39). The Morgan fingerprint density at radius 2 is 1.20 bits per heavy atom. The minimum atomic E-state index is -0.827. The number of nitrogens with one attached hydrogen (secondary N) is 4. The van der Waals surface area contributed by atoms with E-state index < -0.39 is 36.1 Å². The van der Waals surface area contributed by atoms with Crippen molar-refractivity contribution < 1.29 is 28.7 Å². The normalized spacial score (nSPS) is 13.7. The summed E-state index contributed by atoms with van der Waals surface area (Å²) in [5, 5.41) is 10.6. The van der Waals surface area contributed by atoms with Gasteiger partial charge in [0.05, 0.1) is 13.2 Å². The number of rotatable bonds is 18. The molecule has 0 bridgehead atoms. The molecule has 1 aromatic rings. The average Bonchev–Trinajstić information content (AvgIpc) is 2.94. The number of aryl methyl sites for hydroxylation is 1. The molecule has 0 saturated heterocycles. The van der Waals surface area contributed by atoms with Crippen molar-refractivity contribution in [2.45, 2.75) is 112 Å². The zero-order valence-electron chi connectivity index (χ0n) is 26.1. The highest BCUT2D eigenvalue weighted by molar-refractivity contribution is 5.96. The fourth-order valence-electron chi connectivity index (χ4n) is 4.12. The number of hydrogen-bond acceptors (Lipinski definition) is 6. The highest BCUT2D eigenvalue weighted by Crippen LogP contribution is 2.20. The van der Waals surface area contributed by atoms with Crippen LogP contribution in [0.15, 0.2) is 18.2 Å². The van der Waals surface area contributed by atoms with Crippen molar-refractivity contribution >= 4 is 35.4 Å². The predicted molar refractivity (Wildman–Crippen MR) is 163 cm³/mol. The number of amides is 4. The Bertz CT molecular complexity index is 970. The lowest BCUT2D eigenvalue weighted by Crippen LogP contribution is -2.42. The quantitative estimate of drug-likeness (QED) is 0.147. The Hall–Kier alpha value is -3.30. The maximum atomic E-state index is 12.6. The topological polar surface area (TPSA) is 135 Å². The number of ether oxygens (including phenoxy) is 2. The Kier molecular flexibility index (Phi) is 17.2. The van der Waals surface area contributed by atoms with E-state index in [0.29, 0.717) is 36.4 Å². The van der Waals surface area contributed by atoms with Crippen molar-refractivity contribution in [3.8, 4) is 0 Å². The Morgan fingerprint density at radius 1 is 0.732 bits per heavy atom. The van der Waals surface area contributed by atoms with Crippen molar-refractivity contribution in [2.24, 2.45) is 11.8 Å². The third kappa shape index (κ3) is 14.2. The Morgan fingerprint density at radius 3 is 1.63 bits per heavy atom. The second-order valence-electron chi connectivity index (χ2n) is 10.8. The van der Waals surface area contributed by atoms with Crippen LogP contribution in [0.2, 0.25) is 0 Å². The molecule has 1 aromatic carbocycles. The van der Waals surface area contributed by atoms with Crippen LogP contribution in [0.1, 0.15) is 98.5 Å². The molecule has 0 radical (unpaired) electrons. The summed E-state index contributed by atoms with van der Waals surface area (Å²) in [6.45, 7) is 14.0. The first-order valence-corrected chi connectivity index (χ1v) is 15.1. The van der Waals surface area contributed by atoms with Gasteiger partial charge in [0.2, 0.25) is 0 Å². The van der Waals surface area contributed by atoms with E-state index >= 15 is 0 Å². The molecule has 0 aliphatic carbocycles. The van der Waals surface area contributed by atoms with Crippen LogP contribution in [0.5, 0.6) is 0 Å². The van der Waals surface area contributed by atoms with Gasteiger partial charge in [0.15, 0.2) is 0 Å². The summed E-state index contributed by atoms with van der Waals surface area (Å²) in [6, 6.07) is 2.22. The first kappa shape index (κ1) is 35.7. The monoisotopic (exact) mass is 576 g/mol. The van der Waals surface area contributed by atoms with E-state index in [-0.39, 0.29) is 0 Å². The van der Waals surface area contributed by atoms with E-state index in [9.17, 15) is 19.2 Å². The number of esters is 2. The van der Waals surface area contributed by atoms with Crippen LogP contribution in [-0.4, -0.2) is 49.3 Å². The largest absolute Gasteiger partial charge is 0.464 e. The molecule has 0 aromatic heterocycles. The van der Waals surface area contributed by atoms with Crippen LogP contribution in [0.25, 0.3) is 0 Å². The molecule has 41 heavy (non-hydrogen) atoms. The molecular formula is C31H52N4O6. The van der Waals surface area contributed by atoms with E-state index in [1.54, 1.807) is 39.0 Å². The van der Waals surface area contributed by atoms with Crippen LogP contribution in [0.4, 0.5) is 21.0 Å². The van der Waals surface area contributed by atoms with E-state index in [1.807, 2.05) is 0 Å². The molecule has 0 aliphatic heterocycles. The van der Waals surface area contributed by atoms with E-state index in [2.05, 4.69) is 49.0 Å². The molecule has 4 atom stereocenters. The van der Waals surface area contributed by atoms with Gasteiger partial charge in [-0.2, -0.15) is 0 Å². The molecule has 4 amide bonds. The zero-order valence-corrected chi connectivity index (χ0v) is 26.1. The number of unbranched alkanes of at least 4 members (excludes halogenated alkanes) is 2. The predicted octanol–water partition coefficient (Wildman–Crippen LogP) is 6.53. The molecule has 1 rings (SSSR count). The van der Waals surface area contributed by atoms with E-state index in [4.69, 9.17) is 9.47 Å². The molecule has 0 aliphatic rings. The van der Waals surface area contributed by atoms with Crippen LogP contribution in [0.3, 0.4) is 0 Å². The van der Waals surface area contributed by atoms with Gasteiger partial charge in [0, 0.05) is 11.4 Å². The minimum Gasteiger partial charge on any atom is -0.464 e. The van der Waals surface area contributed by atoms with Gasteiger partial charge >= 0.3 is 24.0 Å². The second kappa shape index (κ2) is 19.7. The molecule has 0 heterocycles. The van der Waals surface area contributed by atoms with Crippen LogP contribution >= 0.6 is 0 Å². The fraction of sp³-hybridized carbons (Fsp3) is 0.677. The number of benzene rings is 1. The smallest absolute Gasteiger partial charge is 0.328 e. The van der Waals surface area contributed by atoms with Crippen LogP contribution < -0.4 is 21.3 Å². The number of urea groups is 2. The van der Waals surface area contributed by atoms with Crippen molar-refractivity contribution in [3.63, 3.8) is 0 Å². The fourth-order valence-corrected chi connectivity index (χ4v) is 4.12. The highest BCUT2D eigenvalue weighted by atomic mass is 16.5. The maximum Gasteiger partial charge on any atom is 0.328 e. The maximum absolute atomic E-state index is 12.6. The van der Waals surface area contributed by atoms with Gasteiger partial charge in [-0.3, -0.25) is 0 Å². The summed E-state index contributed by atoms with van der Waals surface area (Å²) in [5.74, 6) is -0.351. The van der Waals surface area contributed by atoms with Gasteiger partial charge in [-0.1, -0.05) is 72.3 Å². The molecule has 10 nitrogen and oxygen atoms in total. The zero-order chi connectivity index (χ0) is 30.8. The lowest BCUT2D eigenvalue weighted by atomic mass is 10.0. The summed E-state index contributed by atoms with van der Waals surface area (Å²) in [7, 11) is 0. The summed E-state index contributed by atoms with van der Waals surface area (Å²) in [5.41, 5.74) is 1.63. The first-order chi connectivity index (χ1) is 19.5. The average molecular weight is 577 g/mol. The molecular weight excluding hydrogens is 524 g/mol. The van der Waals surface area contributed by atoms with Crippen molar-refractivity contribution in [2.75, 3.05) is 23.8 Å². The third-order valence-electron chi connectivity index (χ3n) is 7.16. The molecule has 0 saturated carbocycles. The lowest BCUT2D eigenvalue weighted by Gasteiger charge is -2.19. The van der Waals surface area contributed by atoms with Gasteiger partial charge in [0.1, 0.15) is 12.1 Å². The van der Waals surface area contributed by atoms with E-state index in [1.165, 1.54) is 0 Å². The molecule has 0 spiro atoms. The third-order valence-corrected chi connectivity index (χ3v) is 7.16. The van der Waals surface area contributed by atoms with Crippen LogP contribution in [-0.2, 0) is 19.1 Å². The van der Waals surface area contributed by atoms with Gasteiger partial charge < -0.3 is 30.7 Å². The Labute approximate surface area is 246 Å². The summed E-state index contributed by atoms with van der Waals surface area (Å²) >= 11 is 0. The second-order valence-corrected chi connectivity index (χ2v) is 10.8. The summed E-state index contributed by atoms with van der Waals surface area (Å²) < 4.78 is 10.8. The lowest BCUT2D eigenvalue weighted by molar-refractivity contribution is -0.147. The number of carbonyl (C=O) groups excluding carboxylic acids is 4. The van der Waals surface area contributed by atoms with Crippen molar-refractivity contribution in [3.05, 3.63) is 23.8 Å². The Balaban J connectivity index is 2.60. The van der Waals surface area contributed by atoms with Crippen molar-refractivity contribution in [1.82, 2.24) is 10.6 Å². The number of anilines is 2. The van der Waals surface area contributed by atoms with Gasteiger partial charge in [-0.15, -0.1) is 0 Å². The van der Waals surface area contributed by atoms with Gasteiger partial charge in [-0.25, -0.2) is 19.2 Å². The number of hydrogen-bond donors (Lipinski definition) is 4. The van der Waals surface area contributed by atoms with Gasteiger partial charge in [0.25, 0.3) is 0 Å². The van der Waals surface area contributed by atoms with Crippen molar-refractivity contribution in [1.29, 1.82) is 0 Å². The summed E-state index contributed by atoms with van der Waals surface area (Å²) in [6.07, 6.45) is 8.23. The molecule has 4 unspecified atom stereocenters. The molecule has 4 N–H and O–H groups in total. The van der Waals surface area contributed by atoms with Crippen LogP contribution in [0, 0.1) is 18.8 Å². The SMILES string of the molecule is CCCCC(CC)COC(=O)C(C)NC(=O)Nc1ccc(C)c(NC(=O)NC(C)C(=O)OCC(CC)CCCC)c1. The van der Waals surface area contributed by atoms with E-state index in [0.717, 1.165) is 56.9 Å². The highest BCUT2D eigenvalue weighted by Gasteiger charge is 2.21. The minimum absolute atomic E-state index is 0.313. The van der Waals surface area contributed by atoms with Gasteiger partial charge in [-0.05, 0) is 63.1 Å². The summed E-state index contributed by atoms with van der Waals surface area (Å²) in [4.78, 5) is 49.8. The first-order valence-electron chi connectivity index (χ1n) is 15.1. The molecule has 10 heteroatoms.